The molecule has 0 fully saturated rings. The Bertz CT molecular complexity index is 269. The van der Waals surface area contributed by atoms with Gasteiger partial charge in [-0.25, -0.2) is 4.98 Å². The minimum Gasteiger partial charge on any atom is -0.349 e. The standard InChI is InChI=1S/C15H29N3/c1-3-4-5-6-7-8-9-10-14(16-2)13-15-17-11-12-18-15/h11-12,14,16H,3-10,13H2,1-2H3,(H,17,18). The maximum absolute atomic E-state index is 4.29. The van der Waals surface area contributed by atoms with Crippen LogP contribution in [0.2, 0.25) is 0 Å². The summed E-state index contributed by atoms with van der Waals surface area (Å²) in [6.45, 7) is 2.27. The fourth-order valence-corrected chi connectivity index (χ4v) is 2.34. The molecule has 0 aromatic carbocycles. The quantitative estimate of drug-likeness (QED) is 0.589. The molecule has 1 heterocycles. The molecule has 1 atom stereocenters. The van der Waals surface area contributed by atoms with Gasteiger partial charge in [0.2, 0.25) is 0 Å². The van der Waals surface area contributed by atoms with E-state index < -0.39 is 0 Å². The van der Waals surface area contributed by atoms with Crippen LogP contribution >= 0.6 is 0 Å². The Kier molecular flexibility index (Phi) is 8.57. The van der Waals surface area contributed by atoms with Crippen molar-refractivity contribution >= 4 is 0 Å². The summed E-state index contributed by atoms with van der Waals surface area (Å²) in [4.78, 5) is 7.46. The largest absolute Gasteiger partial charge is 0.349 e. The van der Waals surface area contributed by atoms with E-state index in [2.05, 4.69) is 29.3 Å². The van der Waals surface area contributed by atoms with Crippen molar-refractivity contribution in [1.82, 2.24) is 15.3 Å². The lowest BCUT2D eigenvalue weighted by molar-refractivity contribution is 0.472. The van der Waals surface area contributed by atoms with Gasteiger partial charge in [0.05, 0.1) is 0 Å². The van der Waals surface area contributed by atoms with Crippen molar-refractivity contribution in [2.45, 2.75) is 70.8 Å². The lowest BCUT2D eigenvalue weighted by Gasteiger charge is -2.14. The van der Waals surface area contributed by atoms with E-state index in [0.29, 0.717) is 6.04 Å². The molecule has 18 heavy (non-hydrogen) atoms. The van der Waals surface area contributed by atoms with Crippen molar-refractivity contribution in [3.8, 4) is 0 Å². The molecule has 0 radical (unpaired) electrons. The zero-order valence-corrected chi connectivity index (χ0v) is 12.0. The summed E-state index contributed by atoms with van der Waals surface area (Å²) >= 11 is 0. The molecule has 0 aliphatic rings. The van der Waals surface area contributed by atoms with E-state index in [4.69, 9.17) is 0 Å². The van der Waals surface area contributed by atoms with Gasteiger partial charge in [-0.05, 0) is 13.5 Å². The summed E-state index contributed by atoms with van der Waals surface area (Å²) in [6, 6.07) is 0.562. The molecule has 0 bridgehead atoms. The summed E-state index contributed by atoms with van der Waals surface area (Å²) < 4.78 is 0. The van der Waals surface area contributed by atoms with Crippen LogP contribution in [0.15, 0.2) is 12.4 Å². The highest BCUT2D eigenvalue weighted by Gasteiger charge is 2.08. The van der Waals surface area contributed by atoms with Gasteiger partial charge < -0.3 is 10.3 Å². The van der Waals surface area contributed by atoms with E-state index in [-0.39, 0.29) is 0 Å². The highest BCUT2D eigenvalue weighted by atomic mass is 14.9. The second-order valence-corrected chi connectivity index (χ2v) is 5.14. The second-order valence-electron chi connectivity index (χ2n) is 5.14. The van der Waals surface area contributed by atoms with Gasteiger partial charge in [-0.2, -0.15) is 0 Å². The normalized spacial score (nSPS) is 12.8. The molecular weight excluding hydrogens is 222 g/mol. The van der Waals surface area contributed by atoms with Crippen molar-refractivity contribution < 1.29 is 0 Å². The smallest absolute Gasteiger partial charge is 0.107 e. The first-order valence-corrected chi connectivity index (χ1v) is 7.52. The molecule has 1 rings (SSSR count). The molecule has 2 N–H and O–H groups in total. The van der Waals surface area contributed by atoms with Crippen LogP contribution in [0.5, 0.6) is 0 Å². The number of likely N-dealkylation sites (N-methyl/N-ethyl adjacent to an activating group) is 1. The first-order valence-electron chi connectivity index (χ1n) is 7.52. The van der Waals surface area contributed by atoms with Gasteiger partial charge in [0.15, 0.2) is 0 Å². The molecule has 1 aromatic rings. The topological polar surface area (TPSA) is 40.7 Å². The molecule has 0 spiro atoms. The minimum absolute atomic E-state index is 0.562. The number of aromatic nitrogens is 2. The Morgan fingerprint density at radius 2 is 1.89 bits per heavy atom. The highest BCUT2D eigenvalue weighted by Crippen LogP contribution is 2.11. The Morgan fingerprint density at radius 1 is 1.17 bits per heavy atom. The third-order valence-electron chi connectivity index (χ3n) is 3.56. The number of imidazole rings is 1. The van der Waals surface area contributed by atoms with E-state index in [1.54, 1.807) is 0 Å². The lowest BCUT2D eigenvalue weighted by Crippen LogP contribution is -2.27. The summed E-state index contributed by atoms with van der Waals surface area (Å²) in [7, 11) is 2.05. The number of unbranched alkanes of at least 4 members (excludes halogenated alkanes) is 6. The summed E-state index contributed by atoms with van der Waals surface area (Å²) in [5.74, 6) is 1.09. The van der Waals surface area contributed by atoms with E-state index in [1.807, 2.05) is 12.4 Å². The molecule has 0 saturated carbocycles. The van der Waals surface area contributed by atoms with Gasteiger partial charge in [0.25, 0.3) is 0 Å². The van der Waals surface area contributed by atoms with Crippen molar-refractivity contribution in [1.29, 1.82) is 0 Å². The van der Waals surface area contributed by atoms with Crippen LogP contribution in [0.3, 0.4) is 0 Å². The molecule has 0 saturated heterocycles. The van der Waals surface area contributed by atoms with E-state index in [9.17, 15) is 0 Å². The maximum Gasteiger partial charge on any atom is 0.107 e. The molecule has 3 nitrogen and oxygen atoms in total. The van der Waals surface area contributed by atoms with Gasteiger partial charge >= 0.3 is 0 Å². The van der Waals surface area contributed by atoms with Crippen molar-refractivity contribution in [3.63, 3.8) is 0 Å². The Morgan fingerprint density at radius 3 is 2.50 bits per heavy atom. The number of nitrogens with one attached hydrogen (secondary N) is 2. The SMILES string of the molecule is CCCCCCCCCC(Cc1ncc[nH]1)NC. The zero-order valence-electron chi connectivity index (χ0n) is 12.0. The molecular formula is C15H29N3. The number of H-pyrrole nitrogens is 1. The first kappa shape index (κ1) is 15.2. The zero-order chi connectivity index (χ0) is 13.1. The molecule has 1 unspecified atom stereocenters. The van der Waals surface area contributed by atoms with Crippen LogP contribution in [-0.2, 0) is 6.42 Å². The second kappa shape index (κ2) is 10.1. The third kappa shape index (κ3) is 6.80. The molecule has 104 valence electrons. The average molecular weight is 251 g/mol. The summed E-state index contributed by atoms with van der Waals surface area (Å²) in [5, 5.41) is 3.39. The summed E-state index contributed by atoms with van der Waals surface area (Å²) in [5.41, 5.74) is 0. The number of rotatable bonds is 11. The Hall–Kier alpha value is -0.830. The predicted molar refractivity (Wildman–Crippen MR) is 77.7 cm³/mol. The number of aromatic amines is 1. The number of hydrogen-bond acceptors (Lipinski definition) is 2. The fourth-order valence-electron chi connectivity index (χ4n) is 2.34. The van der Waals surface area contributed by atoms with Crippen LogP contribution < -0.4 is 5.32 Å². The molecule has 0 amide bonds. The minimum atomic E-state index is 0.562. The van der Waals surface area contributed by atoms with Crippen molar-refractivity contribution in [3.05, 3.63) is 18.2 Å². The van der Waals surface area contributed by atoms with Crippen molar-refractivity contribution in [2.24, 2.45) is 0 Å². The molecule has 0 aliphatic carbocycles. The predicted octanol–water partition coefficient (Wildman–Crippen LogP) is 3.68. The molecule has 3 heteroatoms. The average Bonchev–Trinajstić information content (AvgIpc) is 2.89. The fraction of sp³-hybridized carbons (Fsp3) is 0.800. The maximum atomic E-state index is 4.29. The van der Waals surface area contributed by atoms with Crippen LogP contribution in [-0.4, -0.2) is 23.1 Å². The monoisotopic (exact) mass is 251 g/mol. The van der Waals surface area contributed by atoms with Gasteiger partial charge in [-0.3, -0.25) is 0 Å². The lowest BCUT2D eigenvalue weighted by atomic mass is 10.0. The molecule has 0 aliphatic heterocycles. The number of hydrogen-bond donors (Lipinski definition) is 2. The van der Waals surface area contributed by atoms with Crippen LogP contribution in [0.25, 0.3) is 0 Å². The Labute approximate surface area is 112 Å². The van der Waals surface area contributed by atoms with E-state index in [1.165, 1.54) is 51.4 Å². The van der Waals surface area contributed by atoms with Crippen LogP contribution in [0.1, 0.15) is 64.1 Å². The van der Waals surface area contributed by atoms with E-state index >= 15 is 0 Å². The Balaban J connectivity index is 2.01. The van der Waals surface area contributed by atoms with Crippen LogP contribution in [0.4, 0.5) is 0 Å². The number of nitrogens with zero attached hydrogens (tertiary/aromatic N) is 1. The van der Waals surface area contributed by atoms with Crippen molar-refractivity contribution in [2.75, 3.05) is 7.05 Å². The summed E-state index contributed by atoms with van der Waals surface area (Å²) in [6.07, 6.45) is 15.7. The highest BCUT2D eigenvalue weighted by molar-refractivity contribution is 4.90. The van der Waals surface area contributed by atoms with Gasteiger partial charge in [-0.1, -0.05) is 51.9 Å². The van der Waals surface area contributed by atoms with Gasteiger partial charge in [0, 0.05) is 24.9 Å². The first-order chi connectivity index (χ1) is 8.86. The molecule has 1 aromatic heterocycles. The van der Waals surface area contributed by atoms with E-state index in [0.717, 1.165) is 12.2 Å². The third-order valence-corrected chi connectivity index (χ3v) is 3.56. The van der Waals surface area contributed by atoms with Gasteiger partial charge in [0.1, 0.15) is 5.82 Å². The van der Waals surface area contributed by atoms with Crippen LogP contribution in [0, 0.1) is 0 Å². The van der Waals surface area contributed by atoms with Gasteiger partial charge in [-0.15, -0.1) is 0 Å².